The molecule has 0 saturated carbocycles. The van der Waals surface area contributed by atoms with Gasteiger partial charge >= 0.3 is 11.9 Å². The summed E-state index contributed by atoms with van der Waals surface area (Å²) in [7, 11) is 1.53. The number of ketones is 1. The lowest BCUT2D eigenvalue weighted by Crippen LogP contribution is -2.16. The highest BCUT2D eigenvalue weighted by molar-refractivity contribution is 6.01. The Bertz CT molecular complexity index is 865. The van der Waals surface area contributed by atoms with Crippen LogP contribution in [0.4, 0.5) is 0 Å². The summed E-state index contributed by atoms with van der Waals surface area (Å²) in [6, 6.07) is 6.71. The minimum atomic E-state index is -1.20. The first-order valence-corrected chi connectivity index (χ1v) is 8.24. The molecule has 1 aromatic carbocycles. The highest BCUT2D eigenvalue weighted by Gasteiger charge is 2.30. The van der Waals surface area contributed by atoms with Crippen molar-refractivity contribution in [3.05, 3.63) is 41.2 Å². The van der Waals surface area contributed by atoms with Crippen LogP contribution in [-0.2, 0) is 9.53 Å². The zero-order valence-corrected chi connectivity index (χ0v) is 15.6. The van der Waals surface area contributed by atoms with Gasteiger partial charge in [-0.25, -0.2) is 9.59 Å². The van der Waals surface area contributed by atoms with Crippen molar-refractivity contribution in [1.29, 1.82) is 0 Å². The fourth-order valence-corrected chi connectivity index (χ4v) is 2.77. The standard InChI is InChI=1S/C19H21NO7/c1-5-26-19(24)17-18(27-10-15(22)23)11(2)16(12(3)21)20(17)13-6-8-14(25-4)9-7-13/h6-9H,5,10H2,1-4H3,(H,22,23). The number of ether oxygens (including phenoxy) is 3. The fourth-order valence-electron chi connectivity index (χ4n) is 2.77. The van der Waals surface area contributed by atoms with Crippen molar-refractivity contribution in [1.82, 2.24) is 4.57 Å². The first-order chi connectivity index (χ1) is 12.8. The maximum absolute atomic E-state index is 12.6. The lowest BCUT2D eigenvalue weighted by atomic mass is 10.2. The van der Waals surface area contributed by atoms with Crippen molar-refractivity contribution in [2.24, 2.45) is 0 Å². The average Bonchev–Trinajstić information content (AvgIpc) is 2.92. The molecule has 0 atom stereocenters. The molecule has 0 aliphatic heterocycles. The summed E-state index contributed by atoms with van der Waals surface area (Å²) >= 11 is 0. The fraction of sp³-hybridized carbons (Fsp3) is 0.316. The number of methoxy groups -OCH3 is 1. The molecule has 1 heterocycles. The van der Waals surface area contributed by atoms with Crippen LogP contribution in [0.3, 0.4) is 0 Å². The number of nitrogens with zero attached hydrogens (tertiary/aromatic N) is 1. The van der Waals surface area contributed by atoms with E-state index in [1.54, 1.807) is 38.1 Å². The number of carbonyl (C=O) groups excluding carboxylic acids is 2. The largest absolute Gasteiger partial charge is 0.497 e. The van der Waals surface area contributed by atoms with Crippen molar-refractivity contribution >= 4 is 17.7 Å². The van der Waals surface area contributed by atoms with E-state index in [-0.39, 0.29) is 29.5 Å². The second-order valence-corrected chi connectivity index (χ2v) is 5.64. The Morgan fingerprint density at radius 3 is 2.22 bits per heavy atom. The molecule has 0 aliphatic carbocycles. The van der Waals surface area contributed by atoms with Gasteiger partial charge in [0.15, 0.2) is 23.8 Å². The van der Waals surface area contributed by atoms with E-state index in [0.717, 1.165) is 0 Å². The quantitative estimate of drug-likeness (QED) is 0.559. The third-order valence-corrected chi connectivity index (χ3v) is 3.83. The second kappa shape index (κ2) is 8.39. The molecule has 1 aromatic heterocycles. The van der Waals surface area contributed by atoms with Gasteiger partial charge in [0.1, 0.15) is 5.75 Å². The summed E-state index contributed by atoms with van der Waals surface area (Å²) < 4.78 is 17.0. The van der Waals surface area contributed by atoms with Gasteiger partial charge in [-0.2, -0.15) is 0 Å². The molecule has 0 spiro atoms. The van der Waals surface area contributed by atoms with Gasteiger partial charge in [0.2, 0.25) is 0 Å². The Morgan fingerprint density at radius 2 is 1.74 bits per heavy atom. The molecule has 0 radical (unpaired) electrons. The van der Waals surface area contributed by atoms with Gasteiger partial charge in [0.05, 0.1) is 19.4 Å². The Balaban J connectivity index is 2.76. The maximum Gasteiger partial charge on any atom is 0.359 e. The van der Waals surface area contributed by atoms with Crippen molar-refractivity contribution in [3.63, 3.8) is 0 Å². The molecular weight excluding hydrogens is 354 g/mol. The summed E-state index contributed by atoms with van der Waals surface area (Å²) in [6.45, 7) is 4.06. The molecule has 8 nitrogen and oxygen atoms in total. The number of Topliss-reactive ketones (excluding diaryl/α,β-unsaturated/α-hetero) is 1. The minimum Gasteiger partial charge on any atom is -0.497 e. The van der Waals surface area contributed by atoms with Crippen molar-refractivity contribution in [2.75, 3.05) is 20.3 Å². The topological polar surface area (TPSA) is 104 Å². The summed E-state index contributed by atoms with van der Waals surface area (Å²) in [6.07, 6.45) is 0. The van der Waals surface area contributed by atoms with Gasteiger partial charge in [-0.1, -0.05) is 0 Å². The Labute approximate surface area is 156 Å². The molecule has 0 aliphatic rings. The van der Waals surface area contributed by atoms with Gasteiger partial charge < -0.3 is 19.3 Å². The number of carbonyl (C=O) groups is 3. The van der Waals surface area contributed by atoms with Gasteiger partial charge in [0.25, 0.3) is 0 Å². The van der Waals surface area contributed by atoms with Crippen LogP contribution in [0.15, 0.2) is 24.3 Å². The van der Waals surface area contributed by atoms with E-state index in [9.17, 15) is 14.4 Å². The number of carboxylic acids is 1. The zero-order valence-electron chi connectivity index (χ0n) is 15.6. The smallest absolute Gasteiger partial charge is 0.359 e. The zero-order chi connectivity index (χ0) is 20.1. The van der Waals surface area contributed by atoms with E-state index in [1.807, 2.05) is 0 Å². The molecule has 0 fully saturated rings. The van der Waals surface area contributed by atoms with Gasteiger partial charge in [-0.05, 0) is 38.1 Å². The number of aromatic nitrogens is 1. The number of rotatable bonds is 8. The summed E-state index contributed by atoms with van der Waals surface area (Å²) in [4.78, 5) is 35.8. The Kier molecular flexibility index (Phi) is 6.23. The molecule has 2 aromatic rings. The predicted octanol–water partition coefficient (Wildman–Crippen LogP) is 2.64. The molecule has 0 amide bonds. The Hall–Kier alpha value is -3.29. The van der Waals surface area contributed by atoms with Gasteiger partial charge in [-0.3, -0.25) is 9.36 Å². The van der Waals surface area contributed by atoms with Crippen LogP contribution in [-0.4, -0.2) is 47.7 Å². The first kappa shape index (κ1) is 20.0. The molecule has 2 rings (SSSR count). The lowest BCUT2D eigenvalue weighted by molar-refractivity contribution is -0.139. The number of benzene rings is 1. The van der Waals surface area contributed by atoms with Crippen molar-refractivity contribution in [3.8, 4) is 17.2 Å². The number of esters is 1. The lowest BCUT2D eigenvalue weighted by Gasteiger charge is -2.13. The normalized spacial score (nSPS) is 10.4. The van der Waals surface area contributed by atoms with Crippen molar-refractivity contribution < 1.29 is 33.7 Å². The maximum atomic E-state index is 12.6. The van der Waals surface area contributed by atoms with Crippen LogP contribution in [0.2, 0.25) is 0 Å². The second-order valence-electron chi connectivity index (χ2n) is 5.64. The molecule has 0 saturated heterocycles. The summed E-state index contributed by atoms with van der Waals surface area (Å²) in [5.41, 5.74) is 1.05. The molecule has 0 bridgehead atoms. The average molecular weight is 375 g/mol. The van der Waals surface area contributed by atoms with Crippen LogP contribution in [0.25, 0.3) is 5.69 Å². The number of hydrogen-bond acceptors (Lipinski definition) is 6. The molecule has 8 heteroatoms. The molecule has 0 unspecified atom stereocenters. The van der Waals surface area contributed by atoms with E-state index in [2.05, 4.69) is 0 Å². The molecule has 1 N–H and O–H groups in total. The monoisotopic (exact) mass is 375 g/mol. The minimum absolute atomic E-state index is 0.0110. The van der Waals surface area contributed by atoms with Gasteiger partial charge in [0, 0.05) is 18.2 Å². The van der Waals surface area contributed by atoms with E-state index in [1.165, 1.54) is 18.6 Å². The van der Waals surface area contributed by atoms with Crippen LogP contribution in [0.5, 0.6) is 11.5 Å². The van der Waals surface area contributed by atoms with Crippen LogP contribution in [0.1, 0.15) is 40.4 Å². The molecule has 27 heavy (non-hydrogen) atoms. The Morgan fingerprint density at radius 1 is 1.11 bits per heavy atom. The molecule has 144 valence electrons. The number of hydrogen-bond donors (Lipinski definition) is 1. The van der Waals surface area contributed by atoms with Crippen molar-refractivity contribution in [2.45, 2.75) is 20.8 Å². The summed E-state index contributed by atoms with van der Waals surface area (Å²) in [5, 5.41) is 8.93. The predicted molar refractivity (Wildman–Crippen MR) is 96.1 cm³/mol. The van der Waals surface area contributed by atoms with Crippen LogP contribution in [0, 0.1) is 6.92 Å². The highest BCUT2D eigenvalue weighted by atomic mass is 16.5. The summed E-state index contributed by atoms with van der Waals surface area (Å²) in [5.74, 6) is -1.61. The van der Waals surface area contributed by atoms with Crippen LogP contribution < -0.4 is 9.47 Å². The van der Waals surface area contributed by atoms with E-state index >= 15 is 0 Å². The number of carboxylic acid groups (broad SMARTS) is 1. The third-order valence-electron chi connectivity index (χ3n) is 3.83. The highest BCUT2D eigenvalue weighted by Crippen LogP contribution is 2.34. The third kappa shape index (κ3) is 4.11. The van der Waals surface area contributed by atoms with Gasteiger partial charge in [-0.15, -0.1) is 0 Å². The van der Waals surface area contributed by atoms with E-state index in [4.69, 9.17) is 19.3 Å². The van der Waals surface area contributed by atoms with Crippen LogP contribution >= 0.6 is 0 Å². The van der Waals surface area contributed by atoms with E-state index < -0.39 is 18.5 Å². The van der Waals surface area contributed by atoms with E-state index in [0.29, 0.717) is 17.0 Å². The number of aliphatic carboxylic acids is 1. The SMILES string of the molecule is CCOC(=O)c1c(OCC(=O)O)c(C)c(C(C)=O)n1-c1ccc(OC)cc1. The molecular formula is C19H21NO7. The first-order valence-electron chi connectivity index (χ1n) is 8.24.